The molecule has 1 aromatic carbocycles. The van der Waals surface area contributed by atoms with Crippen LogP contribution in [-0.4, -0.2) is 46.4 Å². The fourth-order valence-corrected chi connectivity index (χ4v) is 4.17. The van der Waals surface area contributed by atoms with Gasteiger partial charge in [-0.25, -0.2) is 4.79 Å². The Labute approximate surface area is 159 Å². The number of likely N-dealkylation sites (tertiary alicyclic amines) is 1. The van der Waals surface area contributed by atoms with Crippen molar-refractivity contribution in [2.45, 2.75) is 56.9 Å². The third-order valence-corrected chi connectivity index (χ3v) is 5.90. The zero-order valence-electron chi connectivity index (χ0n) is 15.7. The van der Waals surface area contributed by atoms with E-state index >= 15 is 0 Å². The van der Waals surface area contributed by atoms with Crippen molar-refractivity contribution in [3.8, 4) is 0 Å². The zero-order valence-corrected chi connectivity index (χ0v) is 15.7. The summed E-state index contributed by atoms with van der Waals surface area (Å²) in [4.78, 5) is 38.9. The van der Waals surface area contributed by atoms with Gasteiger partial charge < -0.3 is 15.3 Å². The molecule has 1 saturated heterocycles. The van der Waals surface area contributed by atoms with Gasteiger partial charge in [-0.15, -0.1) is 0 Å². The van der Waals surface area contributed by atoms with Crippen LogP contribution in [0.1, 0.15) is 61.7 Å². The first-order valence-electron chi connectivity index (χ1n) is 9.92. The number of piperidine rings is 1. The van der Waals surface area contributed by atoms with Crippen LogP contribution in [0.2, 0.25) is 0 Å². The van der Waals surface area contributed by atoms with Crippen LogP contribution in [0.15, 0.2) is 30.3 Å². The van der Waals surface area contributed by atoms with Crippen molar-refractivity contribution in [1.82, 2.24) is 10.2 Å². The van der Waals surface area contributed by atoms with Gasteiger partial charge in [-0.3, -0.25) is 9.59 Å². The van der Waals surface area contributed by atoms with E-state index in [4.69, 9.17) is 0 Å². The average Bonchev–Trinajstić information content (AvgIpc) is 2.95. The Balaban J connectivity index is 1.58. The molecule has 2 amide bonds. The molecule has 0 bridgehead atoms. The van der Waals surface area contributed by atoms with Gasteiger partial charge in [0.05, 0.1) is 0 Å². The molecule has 0 atom stereocenters. The summed E-state index contributed by atoms with van der Waals surface area (Å²) in [6, 6.07) is 9.14. The Bertz CT molecular complexity index is 673. The number of carbonyl (C=O) groups excluding carboxylic acids is 2. The minimum Gasteiger partial charge on any atom is -0.480 e. The van der Waals surface area contributed by atoms with Crippen molar-refractivity contribution in [1.29, 1.82) is 0 Å². The molecule has 1 aromatic rings. The Morgan fingerprint density at radius 3 is 2.11 bits per heavy atom. The van der Waals surface area contributed by atoms with Gasteiger partial charge in [0.15, 0.2) is 0 Å². The number of hydrogen-bond donors (Lipinski definition) is 2. The highest BCUT2D eigenvalue weighted by molar-refractivity contribution is 5.94. The van der Waals surface area contributed by atoms with Crippen LogP contribution in [0.4, 0.5) is 0 Å². The molecule has 146 valence electrons. The third kappa shape index (κ3) is 4.49. The van der Waals surface area contributed by atoms with Gasteiger partial charge >= 0.3 is 5.97 Å². The lowest BCUT2D eigenvalue weighted by molar-refractivity contribution is -0.149. The molecule has 0 aromatic heterocycles. The number of carboxylic acids is 1. The van der Waals surface area contributed by atoms with Crippen LogP contribution in [0.25, 0.3) is 0 Å². The van der Waals surface area contributed by atoms with Gasteiger partial charge in [-0.2, -0.15) is 0 Å². The van der Waals surface area contributed by atoms with E-state index in [1.807, 2.05) is 18.2 Å². The molecule has 3 rings (SSSR count). The number of carbonyl (C=O) groups is 3. The Morgan fingerprint density at radius 2 is 1.56 bits per heavy atom. The van der Waals surface area contributed by atoms with Crippen molar-refractivity contribution in [2.75, 3.05) is 13.1 Å². The van der Waals surface area contributed by atoms with Gasteiger partial charge in [-0.1, -0.05) is 43.9 Å². The molecule has 0 radical (unpaired) electrons. The molecular weight excluding hydrogens is 344 g/mol. The number of amides is 2. The second kappa shape index (κ2) is 8.55. The number of benzene rings is 1. The highest BCUT2D eigenvalue weighted by atomic mass is 16.4. The predicted octanol–water partition coefficient (Wildman–Crippen LogP) is 2.83. The smallest absolute Gasteiger partial charge is 0.329 e. The Morgan fingerprint density at radius 1 is 0.963 bits per heavy atom. The van der Waals surface area contributed by atoms with Gasteiger partial charge in [0, 0.05) is 24.6 Å². The summed E-state index contributed by atoms with van der Waals surface area (Å²) >= 11 is 0. The number of rotatable bonds is 4. The Hall–Kier alpha value is -2.37. The molecule has 6 nitrogen and oxygen atoms in total. The maximum absolute atomic E-state index is 12.8. The quantitative estimate of drug-likeness (QED) is 0.796. The number of aliphatic carboxylic acids is 1. The minimum absolute atomic E-state index is 0.0137. The molecule has 1 aliphatic heterocycles. The summed E-state index contributed by atoms with van der Waals surface area (Å²) in [5, 5.41) is 12.6. The van der Waals surface area contributed by atoms with Crippen LogP contribution >= 0.6 is 0 Å². The number of carboxylic acid groups (broad SMARTS) is 1. The summed E-state index contributed by atoms with van der Waals surface area (Å²) in [5.74, 6) is -1.34. The third-order valence-electron chi connectivity index (χ3n) is 5.90. The van der Waals surface area contributed by atoms with Crippen LogP contribution in [0.5, 0.6) is 0 Å². The van der Waals surface area contributed by atoms with Gasteiger partial charge in [0.2, 0.25) is 5.91 Å². The molecule has 1 aliphatic carbocycles. The molecule has 2 N–H and O–H groups in total. The summed E-state index contributed by atoms with van der Waals surface area (Å²) in [5.41, 5.74) is -0.464. The van der Waals surface area contributed by atoms with E-state index in [0.717, 1.165) is 25.7 Å². The van der Waals surface area contributed by atoms with Crippen molar-refractivity contribution in [3.05, 3.63) is 35.9 Å². The molecule has 0 spiro atoms. The lowest BCUT2D eigenvalue weighted by Gasteiger charge is -2.35. The first-order valence-corrected chi connectivity index (χ1v) is 9.92. The maximum Gasteiger partial charge on any atom is 0.329 e. The lowest BCUT2D eigenvalue weighted by Crippen LogP contribution is -2.56. The first kappa shape index (κ1) is 19.4. The highest BCUT2D eigenvalue weighted by Gasteiger charge is 2.41. The molecule has 2 fully saturated rings. The summed E-state index contributed by atoms with van der Waals surface area (Å²) < 4.78 is 0. The van der Waals surface area contributed by atoms with E-state index in [0.29, 0.717) is 44.3 Å². The lowest BCUT2D eigenvalue weighted by atomic mass is 9.88. The number of hydrogen-bond acceptors (Lipinski definition) is 3. The SMILES string of the molecule is O=C(NC1(C(=O)O)CCCCCC1)C1CCN(C(=O)c2ccccc2)CC1. The maximum atomic E-state index is 12.8. The zero-order chi connectivity index (χ0) is 19.3. The van der Waals surface area contributed by atoms with Gasteiger partial charge in [0.25, 0.3) is 5.91 Å². The van der Waals surface area contributed by atoms with Gasteiger partial charge in [0.1, 0.15) is 5.54 Å². The van der Waals surface area contributed by atoms with E-state index in [1.54, 1.807) is 17.0 Å². The second-order valence-corrected chi connectivity index (χ2v) is 7.72. The fourth-order valence-electron chi connectivity index (χ4n) is 4.17. The molecule has 1 saturated carbocycles. The summed E-state index contributed by atoms with van der Waals surface area (Å²) in [6.07, 6.45) is 5.84. The standard InChI is InChI=1S/C21H28N2O4/c24-18(22-21(20(26)27)12-6-1-2-7-13-21)16-10-14-23(15-11-16)19(25)17-8-4-3-5-9-17/h3-5,8-9,16H,1-2,6-7,10-15H2,(H,22,24)(H,26,27). The fraction of sp³-hybridized carbons (Fsp3) is 0.571. The van der Waals surface area contributed by atoms with Crippen LogP contribution in [-0.2, 0) is 9.59 Å². The average molecular weight is 372 g/mol. The van der Waals surface area contributed by atoms with Gasteiger partial charge in [-0.05, 0) is 37.8 Å². The predicted molar refractivity (Wildman–Crippen MR) is 101 cm³/mol. The van der Waals surface area contributed by atoms with E-state index in [1.165, 1.54) is 0 Å². The molecule has 2 aliphatic rings. The minimum atomic E-state index is -1.12. The van der Waals surface area contributed by atoms with Crippen LogP contribution < -0.4 is 5.32 Å². The molecule has 1 heterocycles. The topological polar surface area (TPSA) is 86.7 Å². The molecular formula is C21H28N2O4. The van der Waals surface area contributed by atoms with E-state index in [-0.39, 0.29) is 17.7 Å². The van der Waals surface area contributed by atoms with Crippen LogP contribution in [0.3, 0.4) is 0 Å². The summed E-state index contributed by atoms with van der Waals surface area (Å²) in [6.45, 7) is 1.04. The van der Waals surface area contributed by atoms with E-state index < -0.39 is 11.5 Å². The van der Waals surface area contributed by atoms with Crippen molar-refractivity contribution in [3.63, 3.8) is 0 Å². The molecule has 6 heteroatoms. The van der Waals surface area contributed by atoms with Crippen molar-refractivity contribution in [2.24, 2.45) is 5.92 Å². The largest absolute Gasteiger partial charge is 0.480 e. The highest BCUT2D eigenvalue weighted by Crippen LogP contribution is 2.29. The Kier molecular flexibility index (Phi) is 6.14. The van der Waals surface area contributed by atoms with Crippen molar-refractivity contribution < 1.29 is 19.5 Å². The van der Waals surface area contributed by atoms with Crippen LogP contribution in [0, 0.1) is 5.92 Å². The first-order chi connectivity index (χ1) is 13.0. The van der Waals surface area contributed by atoms with E-state index in [2.05, 4.69) is 5.32 Å². The second-order valence-electron chi connectivity index (χ2n) is 7.72. The number of nitrogens with one attached hydrogen (secondary N) is 1. The normalized spacial score (nSPS) is 20.5. The van der Waals surface area contributed by atoms with E-state index in [9.17, 15) is 19.5 Å². The van der Waals surface area contributed by atoms with Crippen molar-refractivity contribution >= 4 is 17.8 Å². The summed E-state index contributed by atoms with van der Waals surface area (Å²) in [7, 11) is 0. The monoisotopic (exact) mass is 372 g/mol. The molecule has 27 heavy (non-hydrogen) atoms. The molecule has 0 unspecified atom stereocenters. The number of nitrogens with zero attached hydrogens (tertiary/aromatic N) is 1.